The molecule has 84 valence electrons. The van der Waals surface area contributed by atoms with Crippen LogP contribution in [-0.4, -0.2) is 29.5 Å². The maximum absolute atomic E-state index is 9.19. The van der Waals surface area contributed by atoms with E-state index < -0.39 is 6.10 Å². The van der Waals surface area contributed by atoms with E-state index in [0.717, 1.165) is 10.0 Å². The van der Waals surface area contributed by atoms with Gasteiger partial charge >= 0.3 is 0 Å². The van der Waals surface area contributed by atoms with E-state index in [1.807, 2.05) is 31.2 Å². The van der Waals surface area contributed by atoms with Gasteiger partial charge in [-0.3, -0.25) is 0 Å². The normalized spacial score (nSPS) is 14.9. The molecule has 3 N–H and O–H groups in total. The summed E-state index contributed by atoms with van der Waals surface area (Å²) in [6.07, 6.45) is -0.695. The molecule has 15 heavy (non-hydrogen) atoms. The van der Waals surface area contributed by atoms with Gasteiger partial charge in [0.2, 0.25) is 0 Å². The third kappa shape index (κ3) is 4.30. The fourth-order valence-corrected chi connectivity index (χ4v) is 1.69. The number of aliphatic hydroxyl groups excluding tert-OH is 2. The molecule has 1 unspecified atom stereocenters. The molecule has 0 aliphatic carbocycles. The molecule has 0 bridgehead atoms. The highest BCUT2D eigenvalue weighted by Crippen LogP contribution is 2.17. The van der Waals surface area contributed by atoms with Crippen molar-refractivity contribution in [2.24, 2.45) is 0 Å². The Hall–Kier alpha value is -0.420. The van der Waals surface area contributed by atoms with Gasteiger partial charge in [-0.1, -0.05) is 28.1 Å². The quantitative estimate of drug-likeness (QED) is 0.761. The minimum absolute atomic E-state index is 0.156. The monoisotopic (exact) mass is 273 g/mol. The van der Waals surface area contributed by atoms with E-state index in [9.17, 15) is 5.11 Å². The molecule has 0 heterocycles. The van der Waals surface area contributed by atoms with Gasteiger partial charge < -0.3 is 15.5 Å². The lowest BCUT2D eigenvalue weighted by molar-refractivity contribution is 0.0924. The number of hydrogen-bond acceptors (Lipinski definition) is 3. The summed E-state index contributed by atoms with van der Waals surface area (Å²) in [7, 11) is 0. The Balaban J connectivity index is 2.50. The van der Waals surface area contributed by atoms with Gasteiger partial charge in [0.25, 0.3) is 0 Å². The maximum Gasteiger partial charge on any atom is 0.0895 e. The van der Waals surface area contributed by atoms with E-state index in [-0.39, 0.29) is 12.6 Å². The van der Waals surface area contributed by atoms with Crippen LogP contribution in [-0.2, 0) is 0 Å². The highest BCUT2D eigenvalue weighted by molar-refractivity contribution is 9.10. The minimum atomic E-state index is -0.695. The number of hydrogen-bond donors (Lipinski definition) is 3. The maximum atomic E-state index is 9.19. The van der Waals surface area contributed by atoms with Crippen LogP contribution in [0.4, 0.5) is 0 Å². The zero-order chi connectivity index (χ0) is 11.3. The molecule has 2 atom stereocenters. The Kier molecular flexibility index (Phi) is 5.25. The number of halogens is 1. The van der Waals surface area contributed by atoms with Crippen LogP contribution in [0.25, 0.3) is 0 Å². The molecular formula is C11H16BrNO2. The van der Waals surface area contributed by atoms with Crippen LogP contribution in [0, 0.1) is 0 Å². The van der Waals surface area contributed by atoms with Crippen LogP contribution in [0.5, 0.6) is 0 Å². The predicted molar refractivity (Wildman–Crippen MR) is 63.7 cm³/mol. The molecule has 0 saturated heterocycles. The number of aliphatic hydroxyl groups is 2. The van der Waals surface area contributed by atoms with Gasteiger partial charge in [0.1, 0.15) is 0 Å². The van der Waals surface area contributed by atoms with Gasteiger partial charge in [0, 0.05) is 17.1 Å². The average molecular weight is 274 g/mol. The van der Waals surface area contributed by atoms with Crippen LogP contribution in [0.2, 0.25) is 0 Å². The van der Waals surface area contributed by atoms with Crippen LogP contribution in [0.3, 0.4) is 0 Å². The van der Waals surface area contributed by atoms with E-state index in [0.29, 0.717) is 6.54 Å². The Bertz CT molecular complexity index is 306. The van der Waals surface area contributed by atoms with Crippen molar-refractivity contribution in [1.82, 2.24) is 5.32 Å². The van der Waals surface area contributed by atoms with Crippen molar-refractivity contribution in [2.45, 2.75) is 19.1 Å². The first-order chi connectivity index (χ1) is 7.13. The molecule has 0 aliphatic rings. The summed E-state index contributed by atoms with van der Waals surface area (Å²) in [6.45, 7) is 2.20. The second kappa shape index (κ2) is 6.23. The van der Waals surface area contributed by atoms with Gasteiger partial charge in [-0.15, -0.1) is 0 Å². The summed E-state index contributed by atoms with van der Waals surface area (Å²) in [5.41, 5.74) is 1.15. The summed E-state index contributed by atoms with van der Waals surface area (Å²) in [6, 6.07) is 8.15. The molecule has 1 aromatic rings. The van der Waals surface area contributed by atoms with E-state index >= 15 is 0 Å². The Labute approximate surface area is 98.3 Å². The highest BCUT2D eigenvalue weighted by atomic mass is 79.9. The van der Waals surface area contributed by atoms with Crippen LogP contribution < -0.4 is 5.32 Å². The van der Waals surface area contributed by atoms with Gasteiger partial charge in [-0.25, -0.2) is 0 Å². The molecule has 0 aromatic heterocycles. The molecule has 0 spiro atoms. The summed E-state index contributed by atoms with van der Waals surface area (Å²) < 4.78 is 1.04. The fraction of sp³-hybridized carbons (Fsp3) is 0.455. The lowest BCUT2D eigenvalue weighted by Crippen LogP contribution is -2.31. The Morgan fingerprint density at radius 3 is 2.80 bits per heavy atom. The molecule has 1 aromatic carbocycles. The molecule has 0 amide bonds. The smallest absolute Gasteiger partial charge is 0.0895 e. The zero-order valence-electron chi connectivity index (χ0n) is 8.65. The van der Waals surface area contributed by atoms with E-state index in [1.165, 1.54) is 0 Å². The summed E-state index contributed by atoms with van der Waals surface area (Å²) >= 11 is 3.41. The molecule has 0 aliphatic heterocycles. The molecule has 0 radical (unpaired) electrons. The Morgan fingerprint density at radius 1 is 1.47 bits per heavy atom. The Morgan fingerprint density at radius 2 is 2.20 bits per heavy atom. The lowest BCUT2D eigenvalue weighted by Gasteiger charge is -2.16. The van der Waals surface area contributed by atoms with E-state index in [1.54, 1.807) is 0 Å². The minimum Gasteiger partial charge on any atom is -0.394 e. The first-order valence-corrected chi connectivity index (χ1v) is 5.70. The molecule has 0 fully saturated rings. The van der Waals surface area contributed by atoms with Gasteiger partial charge in [-0.05, 0) is 24.6 Å². The average Bonchev–Trinajstić information content (AvgIpc) is 2.25. The molecule has 3 nitrogen and oxygen atoms in total. The number of rotatable bonds is 5. The standard InChI is InChI=1S/C11H16BrNO2/c1-8(13-6-11(15)7-14)9-3-2-4-10(12)5-9/h2-5,8,11,13-15H,6-7H2,1H3/t8-,11?/m0/s1. The van der Waals surface area contributed by atoms with Gasteiger partial charge in [0.15, 0.2) is 0 Å². The summed E-state index contributed by atoms with van der Waals surface area (Å²) in [5.74, 6) is 0. The zero-order valence-corrected chi connectivity index (χ0v) is 10.2. The van der Waals surface area contributed by atoms with Crippen molar-refractivity contribution in [2.75, 3.05) is 13.2 Å². The molecule has 1 rings (SSSR count). The third-order valence-electron chi connectivity index (χ3n) is 2.22. The van der Waals surface area contributed by atoms with Gasteiger partial charge in [0.05, 0.1) is 12.7 Å². The van der Waals surface area contributed by atoms with Crippen molar-refractivity contribution in [3.8, 4) is 0 Å². The predicted octanol–water partition coefficient (Wildman–Crippen LogP) is 1.45. The third-order valence-corrected chi connectivity index (χ3v) is 2.71. The second-order valence-electron chi connectivity index (χ2n) is 3.52. The summed E-state index contributed by atoms with van der Waals surface area (Å²) in [5, 5.41) is 21.0. The summed E-state index contributed by atoms with van der Waals surface area (Å²) in [4.78, 5) is 0. The molecule has 0 saturated carbocycles. The highest BCUT2D eigenvalue weighted by Gasteiger charge is 2.07. The first-order valence-electron chi connectivity index (χ1n) is 4.91. The van der Waals surface area contributed by atoms with Crippen molar-refractivity contribution >= 4 is 15.9 Å². The molecule has 4 heteroatoms. The largest absolute Gasteiger partial charge is 0.394 e. The number of nitrogens with one attached hydrogen (secondary N) is 1. The SMILES string of the molecule is C[C@H](NCC(O)CO)c1cccc(Br)c1. The van der Waals surface area contributed by atoms with Crippen molar-refractivity contribution in [3.05, 3.63) is 34.3 Å². The lowest BCUT2D eigenvalue weighted by atomic mass is 10.1. The molecular weight excluding hydrogens is 258 g/mol. The number of benzene rings is 1. The van der Waals surface area contributed by atoms with Crippen LogP contribution >= 0.6 is 15.9 Å². The topological polar surface area (TPSA) is 52.5 Å². The van der Waals surface area contributed by atoms with E-state index in [4.69, 9.17) is 5.11 Å². The van der Waals surface area contributed by atoms with Crippen molar-refractivity contribution in [3.63, 3.8) is 0 Å². The van der Waals surface area contributed by atoms with Crippen molar-refractivity contribution in [1.29, 1.82) is 0 Å². The first kappa shape index (κ1) is 12.6. The van der Waals surface area contributed by atoms with Crippen molar-refractivity contribution < 1.29 is 10.2 Å². The van der Waals surface area contributed by atoms with Gasteiger partial charge in [-0.2, -0.15) is 0 Å². The van der Waals surface area contributed by atoms with E-state index in [2.05, 4.69) is 21.2 Å². The second-order valence-corrected chi connectivity index (χ2v) is 4.44. The van der Waals surface area contributed by atoms with Crippen LogP contribution in [0.1, 0.15) is 18.5 Å². The fourth-order valence-electron chi connectivity index (χ4n) is 1.27. The van der Waals surface area contributed by atoms with Crippen LogP contribution in [0.15, 0.2) is 28.7 Å².